The Hall–Kier alpha value is -3.61. The predicted molar refractivity (Wildman–Crippen MR) is 115 cm³/mol. The van der Waals surface area contributed by atoms with Gasteiger partial charge in [0.05, 0.1) is 22.7 Å². The number of hydrogen-bond donors (Lipinski definition) is 1. The molecule has 0 bridgehead atoms. The molecule has 1 aromatic carbocycles. The summed E-state index contributed by atoms with van der Waals surface area (Å²) in [5.74, 6) is -1.36. The molecule has 0 radical (unpaired) electrons. The van der Waals surface area contributed by atoms with Crippen molar-refractivity contribution in [1.29, 1.82) is 0 Å². The van der Waals surface area contributed by atoms with Crippen LogP contribution >= 0.6 is 0 Å². The van der Waals surface area contributed by atoms with Crippen molar-refractivity contribution in [1.82, 2.24) is 15.1 Å². The summed E-state index contributed by atoms with van der Waals surface area (Å²) in [6.45, 7) is 3.54. The number of fused-ring (bicyclic) bond motifs is 1. The average molecular weight is 404 g/mol. The number of nitrogens with zero attached hydrogens (tertiary/aromatic N) is 3. The van der Waals surface area contributed by atoms with Crippen LogP contribution in [0.4, 0.5) is 5.82 Å². The second-order valence-electron chi connectivity index (χ2n) is 7.54. The molecule has 0 saturated heterocycles. The molecule has 1 aliphatic carbocycles. The van der Waals surface area contributed by atoms with Crippen molar-refractivity contribution in [3.05, 3.63) is 70.4 Å². The van der Waals surface area contributed by atoms with Gasteiger partial charge in [0, 0.05) is 8.47 Å². The molecule has 2 aliphatic rings. The number of aryl methyl sites for hydroxylation is 1. The van der Waals surface area contributed by atoms with E-state index < -0.39 is 5.92 Å². The maximum absolute atomic E-state index is 12.9. The Balaban J connectivity index is 0.00000272. The first-order valence-electron chi connectivity index (χ1n) is 9.86. The molecule has 1 aliphatic heterocycles. The number of benzene rings is 1. The lowest BCUT2D eigenvalue weighted by Gasteiger charge is -2.17. The molecular weight excluding hydrogens is 380 g/mol. The molecule has 0 saturated carbocycles. The molecule has 2 heterocycles. The quantitative estimate of drug-likeness (QED) is 0.784. The van der Waals surface area contributed by atoms with Crippen LogP contribution in [-0.2, 0) is 4.79 Å². The number of anilines is 1. The van der Waals surface area contributed by atoms with E-state index in [9.17, 15) is 14.4 Å². The summed E-state index contributed by atoms with van der Waals surface area (Å²) < 4.78 is 0. The van der Waals surface area contributed by atoms with Gasteiger partial charge in [-0.05, 0) is 61.6 Å². The normalized spacial score (nSPS) is 16.4. The molecule has 3 amide bonds. The van der Waals surface area contributed by atoms with Crippen LogP contribution in [0.2, 0.25) is 0 Å². The standard InChI is InChI=1S/C23H22N4O3.H2/c1-13-9-10-16-20(23(30)27(3)22(16)29)19(13)14(2)21(28)24-18-12-11-17(25-26-18)15-7-5-4-6-8-15;/h5,7-12,14H,4,6H2,1-3H3,(H,24,26,28);1H/t14-;/m1./s1. The van der Waals surface area contributed by atoms with Crippen LogP contribution in [0.1, 0.15) is 64.6 Å². The minimum absolute atomic E-state index is 0. The van der Waals surface area contributed by atoms with Crippen LogP contribution in [-0.4, -0.2) is 39.9 Å². The first-order chi connectivity index (χ1) is 14.4. The number of carbonyl (C=O) groups excluding carboxylic acids is 3. The summed E-state index contributed by atoms with van der Waals surface area (Å²) in [7, 11) is 1.45. The Labute approximate surface area is 176 Å². The summed E-state index contributed by atoms with van der Waals surface area (Å²) in [5, 5.41) is 11.1. The summed E-state index contributed by atoms with van der Waals surface area (Å²) in [6, 6.07) is 6.93. The van der Waals surface area contributed by atoms with Gasteiger partial charge in [-0.25, -0.2) is 0 Å². The van der Waals surface area contributed by atoms with Crippen molar-refractivity contribution in [3.8, 4) is 0 Å². The molecule has 7 heteroatoms. The van der Waals surface area contributed by atoms with E-state index in [1.54, 1.807) is 25.1 Å². The topological polar surface area (TPSA) is 92.3 Å². The van der Waals surface area contributed by atoms with Crippen molar-refractivity contribution in [3.63, 3.8) is 0 Å². The first kappa shape index (κ1) is 19.7. The van der Waals surface area contributed by atoms with Crippen LogP contribution in [0.3, 0.4) is 0 Å². The molecular formula is C23H24N4O3. The summed E-state index contributed by atoms with van der Waals surface area (Å²) in [6.07, 6.45) is 8.22. The van der Waals surface area contributed by atoms with Crippen LogP contribution in [0, 0.1) is 6.92 Å². The highest BCUT2D eigenvalue weighted by atomic mass is 16.2. The number of rotatable bonds is 4. The van der Waals surface area contributed by atoms with E-state index in [1.165, 1.54) is 7.05 Å². The highest BCUT2D eigenvalue weighted by molar-refractivity contribution is 6.22. The van der Waals surface area contributed by atoms with Gasteiger partial charge in [-0.15, -0.1) is 10.2 Å². The van der Waals surface area contributed by atoms with Crippen molar-refractivity contribution in [2.45, 2.75) is 32.6 Å². The maximum atomic E-state index is 12.9. The van der Waals surface area contributed by atoms with Gasteiger partial charge in [0.15, 0.2) is 5.82 Å². The summed E-state index contributed by atoms with van der Waals surface area (Å²) in [4.78, 5) is 38.9. The van der Waals surface area contributed by atoms with Crippen LogP contribution in [0.15, 0.2) is 42.5 Å². The molecule has 1 N–H and O–H groups in total. The van der Waals surface area contributed by atoms with E-state index >= 15 is 0 Å². The zero-order valence-electron chi connectivity index (χ0n) is 17.1. The highest BCUT2D eigenvalue weighted by Gasteiger charge is 2.37. The molecule has 154 valence electrons. The molecule has 30 heavy (non-hydrogen) atoms. The zero-order chi connectivity index (χ0) is 21.4. The Kier molecular flexibility index (Phi) is 5.03. The average Bonchev–Trinajstić information content (AvgIpc) is 2.98. The Morgan fingerprint density at radius 1 is 1.13 bits per heavy atom. The largest absolute Gasteiger partial charge is 0.309 e. The monoisotopic (exact) mass is 404 g/mol. The fourth-order valence-electron chi connectivity index (χ4n) is 3.85. The number of hydrogen-bond acceptors (Lipinski definition) is 5. The fraction of sp³-hybridized carbons (Fsp3) is 0.261. The van der Waals surface area contributed by atoms with E-state index in [2.05, 4.69) is 27.7 Å². The van der Waals surface area contributed by atoms with E-state index in [0.29, 0.717) is 22.5 Å². The van der Waals surface area contributed by atoms with Crippen LogP contribution in [0.5, 0.6) is 0 Å². The Bertz CT molecular complexity index is 1120. The van der Waals surface area contributed by atoms with Crippen LogP contribution in [0.25, 0.3) is 5.57 Å². The lowest BCUT2D eigenvalue weighted by Crippen LogP contribution is -2.26. The van der Waals surface area contributed by atoms with Gasteiger partial charge in [-0.2, -0.15) is 0 Å². The van der Waals surface area contributed by atoms with Crippen molar-refractivity contribution >= 4 is 29.1 Å². The highest BCUT2D eigenvalue weighted by Crippen LogP contribution is 2.33. The molecule has 4 rings (SSSR count). The second kappa shape index (κ2) is 7.67. The molecule has 0 spiro atoms. The molecule has 0 fully saturated rings. The van der Waals surface area contributed by atoms with Gasteiger partial charge in [0.25, 0.3) is 11.8 Å². The lowest BCUT2D eigenvalue weighted by atomic mass is 9.88. The van der Waals surface area contributed by atoms with Gasteiger partial charge in [0.2, 0.25) is 5.91 Å². The van der Waals surface area contributed by atoms with Crippen LogP contribution < -0.4 is 5.32 Å². The van der Waals surface area contributed by atoms with Gasteiger partial charge < -0.3 is 5.32 Å². The third-order valence-corrected chi connectivity index (χ3v) is 5.55. The minimum Gasteiger partial charge on any atom is -0.309 e. The maximum Gasteiger partial charge on any atom is 0.261 e. The first-order valence-corrected chi connectivity index (χ1v) is 9.86. The number of amides is 3. The fourth-order valence-corrected chi connectivity index (χ4v) is 3.85. The Morgan fingerprint density at radius 2 is 1.93 bits per heavy atom. The van der Waals surface area contributed by atoms with E-state index in [1.807, 2.05) is 19.1 Å². The number of aromatic nitrogens is 2. The molecule has 1 aromatic heterocycles. The second-order valence-corrected chi connectivity index (χ2v) is 7.54. The van der Waals surface area contributed by atoms with Crippen molar-refractivity contribution < 1.29 is 15.8 Å². The van der Waals surface area contributed by atoms with E-state index in [4.69, 9.17) is 0 Å². The number of imide groups is 1. The summed E-state index contributed by atoms with van der Waals surface area (Å²) in [5.41, 5.74) is 3.76. The van der Waals surface area contributed by atoms with Gasteiger partial charge in [-0.3, -0.25) is 19.3 Å². The summed E-state index contributed by atoms with van der Waals surface area (Å²) >= 11 is 0. The van der Waals surface area contributed by atoms with E-state index in [0.717, 1.165) is 34.6 Å². The third-order valence-electron chi connectivity index (χ3n) is 5.55. The van der Waals surface area contributed by atoms with Crippen molar-refractivity contribution in [2.24, 2.45) is 0 Å². The lowest BCUT2D eigenvalue weighted by molar-refractivity contribution is -0.117. The van der Waals surface area contributed by atoms with Gasteiger partial charge in [0.1, 0.15) is 0 Å². The Morgan fingerprint density at radius 3 is 2.60 bits per heavy atom. The molecule has 1 atom stereocenters. The van der Waals surface area contributed by atoms with E-state index in [-0.39, 0.29) is 19.1 Å². The molecule has 0 unspecified atom stereocenters. The molecule has 2 aromatic rings. The molecule has 7 nitrogen and oxygen atoms in total. The number of carbonyl (C=O) groups is 3. The zero-order valence-corrected chi connectivity index (χ0v) is 17.1. The SMILES string of the molecule is Cc1ccc2c(c1[C@@H](C)C(=O)Nc1ccc(C3=CCCC=C3)nn1)C(=O)N(C)C2=O.[HH]. The number of nitrogens with one attached hydrogen (secondary N) is 1. The minimum atomic E-state index is -0.645. The predicted octanol–water partition coefficient (Wildman–Crippen LogP) is 3.73. The number of allylic oxidation sites excluding steroid dienone is 4. The smallest absolute Gasteiger partial charge is 0.261 e. The third kappa shape index (κ3) is 3.32. The van der Waals surface area contributed by atoms with Gasteiger partial charge in [-0.1, -0.05) is 24.3 Å². The van der Waals surface area contributed by atoms with Crippen molar-refractivity contribution in [2.75, 3.05) is 12.4 Å². The van der Waals surface area contributed by atoms with Gasteiger partial charge >= 0.3 is 0 Å².